The predicted molar refractivity (Wildman–Crippen MR) is 112 cm³/mol. The van der Waals surface area contributed by atoms with Crippen molar-refractivity contribution in [3.63, 3.8) is 0 Å². The molecule has 4 rings (SSSR count). The molecular weight excluding hydrogens is 364 g/mol. The van der Waals surface area contributed by atoms with Gasteiger partial charge in [0, 0.05) is 37.8 Å². The molecule has 6 nitrogen and oxygen atoms in total. The van der Waals surface area contributed by atoms with E-state index in [9.17, 15) is 4.79 Å². The van der Waals surface area contributed by atoms with Gasteiger partial charge in [-0.1, -0.05) is 18.2 Å². The van der Waals surface area contributed by atoms with Crippen molar-refractivity contribution in [3.8, 4) is 11.6 Å². The van der Waals surface area contributed by atoms with Gasteiger partial charge in [-0.05, 0) is 63.9 Å². The summed E-state index contributed by atoms with van der Waals surface area (Å²) >= 11 is 0. The van der Waals surface area contributed by atoms with Gasteiger partial charge < -0.3 is 14.5 Å². The van der Waals surface area contributed by atoms with Crippen LogP contribution in [0, 0.1) is 0 Å². The van der Waals surface area contributed by atoms with Gasteiger partial charge in [-0.15, -0.1) is 0 Å². The van der Waals surface area contributed by atoms with Gasteiger partial charge in [-0.25, -0.2) is 4.98 Å². The van der Waals surface area contributed by atoms with Crippen molar-refractivity contribution in [2.24, 2.45) is 0 Å². The highest BCUT2D eigenvalue weighted by molar-refractivity contribution is 5.76. The fourth-order valence-electron chi connectivity index (χ4n) is 4.34. The number of carbonyl (C=O) groups is 1. The van der Waals surface area contributed by atoms with Gasteiger partial charge in [0.25, 0.3) is 0 Å². The van der Waals surface area contributed by atoms with E-state index in [1.54, 1.807) is 12.4 Å². The molecule has 2 fully saturated rings. The predicted octanol–water partition coefficient (Wildman–Crippen LogP) is 3.85. The summed E-state index contributed by atoms with van der Waals surface area (Å²) in [7, 11) is 0. The zero-order chi connectivity index (χ0) is 19.9. The van der Waals surface area contributed by atoms with E-state index in [1.807, 2.05) is 35.2 Å². The van der Waals surface area contributed by atoms with Crippen molar-refractivity contribution in [2.45, 2.75) is 44.4 Å². The van der Waals surface area contributed by atoms with Crippen LogP contribution < -0.4 is 4.74 Å². The summed E-state index contributed by atoms with van der Waals surface area (Å²) in [5.74, 6) is 1.73. The van der Waals surface area contributed by atoms with Gasteiger partial charge in [0.15, 0.2) is 0 Å². The van der Waals surface area contributed by atoms with Crippen molar-refractivity contribution >= 4 is 5.91 Å². The van der Waals surface area contributed by atoms with Crippen LogP contribution in [0.1, 0.15) is 50.1 Å². The van der Waals surface area contributed by atoms with Crippen molar-refractivity contribution in [1.82, 2.24) is 19.8 Å². The van der Waals surface area contributed by atoms with Gasteiger partial charge in [0.05, 0.1) is 0 Å². The first-order valence-corrected chi connectivity index (χ1v) is 10.8. The number of hydrogen-bond acceptors (Lipinski definition) is 5. The van der Waals surface area contributed by atoms with Gasteiger partial charge in [0.1, 0.15) is 11.4 Å². The van der Waals surface area contributed by atoms with Gasteiger partial charge in [0.2, 0.25) is 11.8 Å². The molecule has 29 heavy (non-hydrogen) atoms. The Labute approximate surface area is 172 Å². The second kappa shape index (κ2) is 9.83. The number of amides is 1. The Morgan fingerprint density at radius 3 is 2.66 bits per heavy atom. The summed E-state index contributed by atoms with van der Waals surface area (Å²) in [6.45, 7) is 4.97. The molecular formula is C23H30N4O2. The van der Waals surface area contributed by atoms with Crippen LogP contribution in [0.4, 0.5) is 0 Å². The number of ether oxygens (including phenoxy) is 1. The minimum atomic E-state index is 0.165. The molecule has 1 amide bonds. The largest absolute Gasteiger partial charge is 0.437 e. The zero-order valence-corrected chi connectivity index (χ0v) is 17.0. The van der Waals surface area contributed by atoms with Crippen molar-refractivity contribution in [3.05, 3.63) is 48.4 Å². The summed E-state index contributed by atoms with van der Waals surface area (Å²) in [6.07, 6.45) is 9.55. The molecule has 154 valence electrons. The molecule has 1 atom stereocenters. The number of para-hydroxylation sites is 1. The standard InChI is InChI=1S/C23H30N4O2/c28-21(11-7-16-26-14-4-5-15-26)27-17-6-8-19(18-27)22-23(25-13-12-24-22)29-20-9-2-1-3-10-20/h1-3,9-10,12-13,19H,4-8,11,14-18H2. The van der Waals surface area contributed by atoms with Crippen molar-refractivity contribution < 1.29 is 9.53 Å². The summed E-state index contributed by atoms with van der Waals surface area (Å²) in [4.78, 5) is 26.2. The van der Waals surface area contributed by atoms with E-state index in [0.29, 0.717) is 18.8 Å². The zero-order valence-electron chi connectivity index (χ0n) is 17.0. The Balaban J connectivity index is 1.36. The molecule has 2 aliphatic heterocycles. The molecule has 0 saturated carbocycles. The molecule has 2 aromatic rings. The highest BCUT2D eigenvalue weighted by Gasteiger charge is 2.28. The maximum Gasteiger partial charge on any atom is 0.241 e. The number of hydrogen-bond donors (Lipinski definition) is 0. The lowest BCUT2D eigenvalue weighted by Gasteiger charge is -2.33. The average molecular weight is 395 g/mol. The first kappa shape index (κ1) is 19.8. The van der Waals surface area contributed by atoms with E-state index < -0.39 is 0 Å². The van der Waals surface area contributed by atoms with Gasteiger partial charge in [-0.3, -0.25) is 9.78 Å². The van der Waals surface area contributed by atoms with E-state index in [2.05, 4.69) is 14.9 Å². The fourth-order valence-corrected chi connectivity index (χ4v) is 4.34. The molecule has 2 saturated heterocycles. The second-order valence-corrected chi connectivity index (χ2v) is 7.99. The minimum absolute atomic E-state index is 0.165. The van der Waals surface area contributed by atoms with Crippen LogP contribution in [-0.4, -0.2) is 58.4 Å². The first-order valence-electron chi connectivity index (χ1n) is 10.8. The Bertz CT molecular complexity index is 792. The SMILES string of the molecule is O=C(CCCN1CCCC1)N1CCCC(c2nccnc2Oc2ccccc2)C1. The molecule has 0 aliphatic carbocycles. The molecule has 6 heteroatoms. The van der Waals surface area contributed by atoms with Crippen LogP contribution in [0.3, 0.4) is 0 Å². The molecule has 0 N–H and O–H groups in total. The van der Waals surface area contributed by atoms with E-state index in [4.69, 9.17) is 4.74 Å². The van der Waals surface area contributed by atoms with Crippen LogP contribution >= 0.6 is 0 Å². The van der Waals surface area contributed by atoms with Crippen LogP contribution in [0.2, 0.25) is 0 Å². The van der Waals surface area contributed by atoms with Crippen LogP contribution in [0.15, 0.2) is 42.7 Å². The van der Waals surface area contributed by atoms with Gasteiger partial charge >= 0.3 is 0 Å². The van der Waals surface area contributed by atoms with E-state index in [-0.39, 0.29) is 11.8 Å². The number of piperidine rings is 1. The summed E-state index contributed by atoms with van der Waals surface area (Å²) in [5.41, 5.74) is 0.853. The third kappa shape index (κ3) is 5.32. The number of rotatable bonds is 7. The Morgan fingerprint density at radius 2 is 1.83 bits per heavy atom. The molecule has 0 radical (unpaired) electrons. The Kier molecular flexibility index (Phi) is 6.72. The number of benzene rings is 1. The van der Waals surface area contributed by atoms with Crippen molar-refractivity contribution in [2.75, 3.05) is 32.7 Å². The molecule has 0 spiro atoms. The maximum absolute atomic E-state index is 12.8. The van der Waals surface area contributed by atoms with Crippen LogP contribution in [0.5, 0.6) is 11.6 Å². The topological polar surface area (TPSA) is 58.6 Å². The van der Waals surface area contributed by atoms with Gasteiger partial charge in [-0.2, -0.15) is 0 Å². The highest BCUT2D eigenvalue weighted by atomic mass is 16.5. The van der Waals surface area contributed by atoms with E-state index >= 15 is 0 Å². The maximum atomic E-state index is 12.8. The molecule has 2 aliphatic rings. The molecule has 0 bridgehead atoms. The lowest BCUT2D eigenvalue weighted by molar-refractivity contribution is -0.132. The van der Waals surface area contributed by atoms with E-state index in [1.165, 1.54) is 25.9 Å². The number of aromatic nitrogens is 2. The lowest BCUT2D eigenvalue weighted by Crippen LogP contribution is -2.39. The Morgan fingerprint density at radius 1 is 1.03 bits per heavy atom. The van der Waals surface area contributed by atoms with Crippen LogP contribution in [-0.2, 0) is 4.79 Å². The summed E-state index contributed by atoms with van der Waals surface area (Å²) in [5, 5.41) is 0. The average Bonchev–Trinajstić information content (AvgIpc) is 3.28. The monoisotopic (exact) mass is 394 g/mol. The molecule has 1 aromatic heterocycles. The molecule has 3 heterocycles. The third-order valence-corrected chi connectivity index (χ3v) is 5.87. The summed E-state index contributed by atoms with van der Waals surface area (Å²) < 4.78 is 6.00. The first-order chi connectivity index (χ1) is 14.3. The molecule has 1 aromatic carbocycles. The van der Waals surface area contributed by atoms with Crippen molar-refractivity contribution in [1.29, 1.82) is 0 Å². The quantitative estimate of drug-likeness (QED) is 0.714. The highest BCUT2D eigenvalue weighted by Crippen LogP contribution is 2.32. The lowest BCUT2D eigenvalue weighted by atomic mass is 9.94. The molecule has 1 unspecified atom stereocenters. The normalized spacial score (nSPS) is 20.0. The Hall–Kier alpha value is -2.47. The number of carbonyl (C=O) groups excluding carboxylic acids is 1. The number of nitrogens with zero attached hydrogens (tertiary/aromatic N) is 4. The second-order valence-electron chi connectivity index (χ2n) is 7.99. The fraction of sp³-hybridized carbons (Fsp3) is 0.522. The summed E-state index contributed by atoms with van der Waals surface area (Å²) in [6, 6.07) is 9.66. The smallest absolute Gasteiger partial charge is 0.241 e. The minimum Gasteiger partial charge on any atom is -0.437 e. The van der Waals surface area contributed by atoms with Crippen LogP contribution in [0.25, 0.3) is 0 Å². The van der Waals surface area contributed by atoms with E-state index in [0.717, 1.165) is 43.8 Å². The number of likely N-dealkylation sites (tertiary alicyclic amines) is 2. The third-order valence-electron chi connectivity index (χ3n) is 5.87.